The maximum absolute atomic E-state index is 14.5. The van der Waals surface area contributed by atoms with Crippen LogP contribution >= 0.6 is 23.2 Å². The highest BCUT2D eigenvalue weighted by molar-refractivity contribution is 6.33. The Kier molecular flexibility index (Phi) is 17.1. The lowest BCUT2D eigenvalue weighted by Crippen LogP contribution is -2.63. The predicted molar refractivity (Wildman–Crippen MR) is 225 cm³/mol. The van der Waals surface area contributed by atoms with E-state index in [1.54, 1.807) is 18.2 Å². The van der Waals surface area contributed by atoms with Gasteiger partial charge in [0.2, 0.25) is 41.0 Å². The number of carbonyl (C=O) groups excluding carboxylic acids is 7. The molecule has 1 aromatic carbocycles. The zero-order valence-corrected chi connectivity index (χ0v) is 37.8. The molecule has 7 amide bonds. The van der Waals surface area contributed by atoms with Crippen LogP contribution < -0.4 is 26.6 Å². The Hall–Kier alpha value is -4.16. The van der Waals surface area contributed by atoms with Crippen molar-refractivity contribution in [2.45, 2.75) is 146 Å². The van der Waals surface area contributed by atoms with Crippen LogP contribution in [-0.4, -0.2) is 126 Å². The first-order chi connectivity index (χ1) is 28.9. The van der Waals surface area contributed by atoms with Gasteiger partial charge in [-0.1, -0.05) is 37.0 Å². The van der Waals surface area contributed by atoms with Crippen LogP contribution in [0.1, 0.15) is 98.0 Å². The maximum atomic E-state index is 14.5. The van der Waals surface area contributed by atoms with Crippen LogP contribution in [0.25, 0.3) is 0 Å². The van der Waals surface area contributed by atoms with Crippen molar-refractivity contribution >= 4 is 64.6 Å². The van der Waals surface area contributed by atoms with Crippen molar-refractivity contribution in [1.29, 1.82) is 0 Å². The second-order valence-electron chi connectivity index (χ2n) is 17.6. The summed E-state index contributed by atoms with van der Waals surface area (Å²) < 4.78 is 47.4. The summed E-state index contributed by atoms with van der Waals surface area (Å²) in [6, 6.07) is -1.57. The van der Waals surface area contributed by atoms with E-state index < -0.39 is 95.3 Å². The van der Waals surface area contributed by atoms with E-state index in [2.05, 4.69) is 26.6 Å². The Morgan fingerprint density at radius 1 is 0.984 bits per heavy atom. The molecular formula is C42H60Cl2F3N7O8. The van der Waals surface area contributed by atoms with E-state index in [1.165, 1.54) is 44.7 Å². The van der Waals surface area contributed by atoms with Gasteiger partial charge in [-0.05, 0) is 114 Å². The van der Waals surface area contributed by atoms with Gasteiger partial charge < -0.3 is 41.1 Å². The van der Waals surface area contributed by atoms with E-state index in [1.807, 2.05) is 13.8 Å². The van der Waals surface area contributed by atoms with Gasteiger partial charge in [0.15, 0.2) is 0 Å². The fourth-order valence-corrected chi connectivity index (χ4v) is 8.06. The first-order valence-corrected chi connectivity index (χ1v) is 21.9. The first kappa shape index (κ1) is 50.5. The number of ether oxygens (including phenoxy) is 1. The van der Waals surface area contributed by atoms with Crippen LogP contribution in [0.5, 0.6) is 0 Å². The van der Waals surface area contributed by atoms with Gasteiger partial charge in [0, 0.05) is 43.7 Å². The largest absolute Gasteiger partial charge is 0.426 e. The van der Waals surface area contributed by atoms with Gasteiger partial charge in [-0.15, -0.1) is 0 Å². The quantitative estimate of drug-likeness (QED) is 0.221. The number of hydrogen-bond acceptors (Lipinski definition) is 8. The van der Waals surface area contributed by atoms with Gasteiger partial charge in [0.1, 0.15) is 35.7 Å². The minimum Gasteiger partial charge on any atom is -0.357 e. The van der Waals surface area contributed by atoms with Crippen molar-refractivity contribution < 1.29 is 51.5 Å². The third-order valence-electron chi connectivity index (χ3n) is 11.7. The minimum atomic E-state index is -5.04. The number of halogens is 5. The molecule has 2 heterocycles. The standard InChI is InChI=1S/C42H60Cl2F3N7O8/c1-23(2)20-29-36(58)54(7)31(22-26-21-27(43)15-16-28(26)44)35(57)52-40(4,5)38(60)48-18-10-8-12-30(34(56)50-29)53(6)37(59)32(25-13-14-25)51-33(55)24(3)49-39(61)41(42(45,46)47)17-9-11-19-62-41/h15-16,21,23-25,29-32H,8-14,17-20,22H2,1-7H3,(H,48,60)(H,49,61)(H,50,56)(H,51,55)(H,52,57)/t24-,29-,30-,31-,32-,41?/m0/s1. The molecule has 3 aliphatic rings. The van der Waals surface area contributed by atoms with Gasteiger partial charge in [-0.3, -0.25) is 33.6 Å². The molecule has 0 spiro atoms. The molecule has 20 heteroatoms. The third kappa shape index (κ3) is 12.5. The van der Waals surface area contributed by atoms with Crippen LogP contribution in [0.3, 0.4) is 0 Å². The molecule has 1 aromatic rings. The second-order valence-corrected chi connectivity index (χ2v) is 18.4. The molecule has 0 radical (unpaired) electrons. The Morgan fingerprint density at radius 2 is 1.66 bits per heavy atom. The van der Waals surface area contributed by atoms with Gasteiger partial charge in [-0.2, -0.15) is 13.2 Å². The molecular weight excluding hydrogens is 858 g/mol. The molecule has 4 rings (SSSR count). The highest BCUT2D eigenvalue weighted by Crippen LogP contribution is 2.41. The lowest BCUT2D eigenvalue weighted by molar-refractivity contribution is -0.277. The second kappa shape index (κ2) is 21.0. The van der Waals surface area contributed by atoms with E-state index in [9.17, 15) is 46.7 Å². The van der Waals surface area contributed by atoms with Gasteiger partial charge in [-0.25, -0.2) is 0 Å². The average Bonchev–Trinajstić information content (AvgIpc) is 4.04. The molecule has 6 atom stereocenters. The molecule has 15 nitrogen and oxygen atoms in total. The number of rotatable bonds is 11. The number of likely N-dealkylation sites (N-methyl/N-ethyl adjacent to an activating group) is 2. The molecule has 0 aromatic heterocycles. The Bertz CT molecular complexity index is 1840. The minimum absolute atomic E-state index is 0.0791. The summed E-state index contributed by atoms with van der Waals surface area (Å²) >= 11 is 12.8. The SMILES string of the molecule is CC(C)C[C@@H]1NC(=O)[C@@H](N(C)C(=O)[C@@H](NC(=O)[C@H](C)NC(=O)C2(C(F)(F)F)CCCCO2)C2CC2)CCCCNC(=O)C(C)(C)NC(=O)[C@H](Cc2cc(Cl)ccc2Cl)N(C)C1=O. The Morgan fingerprint density at radius 3 is 2.26 bits per heavy atom. The highest BCUT2D eigenvalue weighted by Gasteiger charge is 2.62. The molecule has 0 bridgehead atoms. The zero-order valence-electron chi connectivity index (χ0n) is 36.3. The molecule has 2 saturated heterocycles. The van der Waals surface area contributed by atoms with Crippen LogP contribution in [0, 0.1) is 11.8 Å². The molecule has 1 saturated carbocycles. The van der Waals surface area contributed by atoms with Crippen molar-refractivity contribution in [3.63, 3.8) is 0 Å². The number of nitrogens with zero attached hydrogens (tertiary/aromatic N) is 2. The van der Waals surface area contributed by atoms with E-state index in [4.69, 9.17) is 27.9 Å². The van der Waals surface area contributed by atoms with Crippen molar-refractivity contribution in [2.24, 2.45) is 11.8 Å². The Labute approximate surface area is 370 Å². The Balaban J connectivity index is 1.61. The van der Waals surface area contributed by atoms with Crippen LogP contribution in [0.15, 0.2) is 18.2 Å². The third-order valence-corrected chi connectivity index (χ3v) is 12.3. The number of amides is 7. The number of carbonyl (C=O) groups is 7. The monoisotopic (exact) mass is 917 g/mol. The molecule has 62 heavy (non-hydrogen) atoms. The summed E-state index contributed by atoms with van der Waals surface area (Å²) in [4.78, 5) is 99.4. The summed E-state index contributed by atoms with van der Waals surface area (Å²) in [7, 11) is 2.79. The maximum Gasteiger partial charge on any atom is 0.426 e. The number of alkyl halides is 3. The smallest absolute Gasteiger partial charge is 0.357 e. The number of nitrogens with one attached hydrogen (secondary N) is 5. The summed E-state index contributed by atoms with van der Waals surface area (Å²) in [6.45, 7) is 7.83. The molecule has 346 valence electrons. The summed E-state index contributed by atoms with van der Waals surface area (Å²) in [5.74, 6) is -6.03. The molecule has 3 fully saturated rings. The van der Waals surface area contributed by atoms with Gasteiger partial charge in [0.25, 0.3) is 5.91 Å². The van der Waals surface area contributed by atoms with Crippen molar-refractivity contribution in [3.05, 3.63) is 33.8 Å². The fraction of sp³-hybridized carbons (Fsp3) is 0.690. The van der Waals surface area contributed by atoms with Crippen LogP contribution in [-0.2, 0) is 44.7 Å². The van der Waals surface area contributed by atoms with Crippen LogP contribution in [0.2, 0.25) is 10.0 Å². The highest BCUT2D eigenvalue weighted by atomic mass is 35.5. The lowest BCUT2D eigenvalue weighted by atomic mass is 9.91. The molecule has 1 aliphatic carbocycles. The van der Waals surface area contributed by atoms with E-state index >= 15 is 0 Å². The molecule has 5 N–H and O–H groups in total. The van der Waals surface area contributed by atoms with E-state index in [0.717, 1.165) is 0 Å². The topological polar surface area (TPSA) is 195 Å². The predicted octanol–water partition coefficient (Wildman–Crippen LogP) is 3.82. The van der Waals surface area contributed by atoms with Gasteiger partial charge in [0.05, 0.1) is 0 Å². The normalized spacial score (nSPS) is 25.5. The molecule has 1 unspecified atom stereocenters. The summed E-state index contributed by atoms with van der Waals surface area (Å²) in [5, 5.41) is 13.8. The van der Waals surface area contributed by atoms with Crippen molar-refractivity contribution in [3.8, 4) is 0 Å². The summed E-state index contributed by atoms with van der Waals surface area (Å²) in [6.07, 6.45) is -3.32. The van der Waals surface area contributed by atoms with Crippen molar-refractivity contribution in [2.75, 3.05) is 27.2 Å². The molecule has 2 aliphatic heterocycles. The van der Waals surface area contributed by atoms with Crippen molar-refractivity contribution in [1.82, 2.24) is 36.4 Å². The number of hydrogen-bond donors (Lipinski definition) is 5. The van der Waals surface area contributed by atoms with E-state index in [-0.39, 0.29) is 50.7 Å². The van der Waals surface area contributed by atoms with Gasteiger partial charge >= 0.3 is 6.18 Å². The number of benzene rings is 1. The average molecular weight is 919 g/mol. The lowest BCUT2D eigenvalue weighted by Gasteiger charge is -2.37. The van der Waals surface area contributed by atoms with E-state index in [0.29, 0.717) is 47.7 Å². The first-order valence-electron chi connectivity index (χ1n) is 21.1. The van der Waals surface area contributed by atoms with Crippen LogP contribution in [0.4, 0.5) is 13.2 Å². The fourth-order valence-electron chi connectivity index (χ4n) is 7.67. The summed E-state index contributed by atoms with van der Waals surface area (Å²) in [5.41, 5.74) is -4.07. The zero-order chi connectivity index (χ0) is 46.3.